The molecule has 1 amide bonds. The predicted octanol–water partition coefficient (Wildman–Crippen LogP) is 4.04. The molecule has 1 atom stereocenters. The average molecular weight is 285 g/mol. The van der Waals surface area contributed by atoms with Gasteiger partial charge in [0.05, 0.1) is 5.41 Å². The van der Waals surface area contributed by atoms with Crippen LogP contribution in [0.4, 0.5) is 18.9 Å². The Bertz CT molecular complexity index is 524. The molecule has 0 N–H and O–H groups in total. The standard InChI is InChI=1S/C15H18F3NO/c1-10(2)19-12-7-5-4-6-11(12)14(3,13(19)20)8-9-15(16,17)18/h4-7,10H,8-9H2,1-3H3. The van der Waals surface area contributed by atoms with Gasteiger partial charge in [-0.1, -0.05) is 18.2 Å². The lowest BCUT2D eigenvalue weighted by atomic mass is 9.79. The highest BCUT2D eigenvalue weighted by Gasteiger charge is 2.49. The van der Waals surface area contributed by atoms with Gasteiger partial charge in [-0.2, -0.15) is 13.2 Å². The molecule has 0 saturated carbocycles. The van der Waals surface area contributed by atoms with Crippen LogP contribution in [0.15, 0.2) is 24.3 Å². The van der Waals surface area contributed by atoms with E-state index in [0.717, 1.165) is 5.69 Å². The smallest absolute Gasteiger partial charge is 0.309 e. The lowest BCUT2D eigenvalue weighted by molar-refractivity contribution is -0.141. The van der Waals surface area contributed by atoms with Crippen molar-refractivity contribution in [3.05, 3.63) is 29.8 Å². The molecule has 2 rings (SSSR count). The van der Waals surface area contributed by atoms with E-state index in [0.29, 0.717) is 5.56 Å². The number of carbonyl (C=O) groups is 1. The number of nitrogens with zero attached hydrogens (tertiary/aromatic N) is 1. The van der Waals surface area contributed by atoms with Crippen LogP contribution in [0.2, 0.25) is 0 Å². The van der Waals surface area contributed by atoms with Gasteiger partial charge in [-0.3, -0.25) is 4.79 Å². The minimum absolute atomic E-state index is 0.0728. The third-order valence-corrected chi connectivity index (χ3v) is 3.87. The zero-order valence-electron chi connectivity index (χ0n) is 11.8. The molecule has 20 heavy (non-hydrogen) atoms. The summed E-state index contributed by atoms with van der Waals surface area (Å²) in [5.74, 6) is -0.238. The lowest BCUT2D eigenvalue weighted by Crippen LogP contribution is -2.42. The number of anilines is 1. The summed E-state index contributed by atoms with van der Waals surface area (Å²) in [5.41, 5.74) is 0.344. The van der Waals surface area contributed by atoms with E-state index >= 15 is 0 Å². The van der Waals surface area contributed by atoms with Crippen LogP contribution in [0.25, 0.3) is 0 Å². The quantitative estimate of drug-likeness (QED) is 0.820. The number of halogens is 3. The van der Waals surface area contributed by atoms with Crippen LogP contribution in [-0.4, -0.2) is 18.1 Å². The van der Waals surface area contributed by atoms with E-state index in [2.05, 4.69) is 0 Å². The van der Waals surface area contributed by atoms with Crippen LogP contribution in [0, 0.1) is 0 Å². The number of para-hydroxylation sites is 1. The van der Waals surface area contributed by atoms with Crippen molar-refractivity contribution in [2.75, 3.05) is 4.90 Å². The van der Waals surface area contributed by atoms with Gasteiger partial charge in [0.25, 0.3) is 0 Å². The predicted molar refractivity (Wildman–Crippen MR) is 71.7 cm³/mol. The molecule has 1 aromatic carbocycles. The van der Waals surface area contributed by atoms with E-state index in [9.17, 15) is 18.0 Å². The third-order valence-electron chi connectivity index (χ3n) is 3.87. The first-order valence-corrected chi connectivity index (χ1v) is 6.67. The molecule has 5 heteroatoms. The number of carbonyl (C=O) groups excluding carboxylic acids is 1. The van der Waals surface area contributed by atoms with Crippen molar-refractivity contribution in [2.45, 2.75) is 51.2 Å². The molecule has 0 fully saturated rings. The van der Waals surface area contributed by atoms with Crippen LogP contribution < -0.4 is 4.90 Å². The van der Waals surface area contributed by atoms with Crippen LogP contribution >= 0.6 is 0 Å². The molecule has 2 nitrogen and oxygen atoms in total. The van der Waals surface area contributed by atoms with E-state index in [1.54, 1.807) is 36.1 Å². The molecule has 0 spiro atoms. The second-order valence-corrected chi connectivity index (χ2v) is 5.73. The van der Waals surface area contributed by atoms with Crippen molar-refractivity contribution in [2.24, 2.45) is 0 Å². The van der Waals surface area contributed by atoms with E-state index in [4.69, 9.17) is 0 Å². The van der Waals surface area contributed by atoms with Crippen LogP contribution in [0.1, 0.15) is 39.2 Å². The molecule has 0 aromatic heterocycles. The second-order valence-electron chi connectivity index (χ2n) is 5.73. The first kappa shape index (κ1) is 14.9. The zero-order chi connectivity index (χ0) is 15.1. The maximum atomic E-state index is 12.6. The van der Waals surface area contributed by atoms with Gasteiger partial charge >= 0.3 is 6.18 Å². The van der Waals surface area contributed by atoms with Gasteiger partial charge in [0.1, 0.15) is 0 Å². The number of rotatable bonds is 3. The molecular formula is C15H18F3NO. The molecule has 1 aromatic rings. The van der Waals surface area contributed by atoms with Crippen LogP contribution in [0.5, 0.6) is 0 Å². The summed E-state index contributed by atoms with van der Waals surface area (Å²) in [5, 5.41) is 0. The van der Waals surface area contributed by atoms with Gasteiger partial charge in [-0.05, 0) is 38.8 Å². The van der Waals surface area contributed by atoms with Crippen molar-refractivity contribution >= 4 is 11.6 Å². The largest absolute Gasteiger partial charge is 0.389 e. The maximum absolute atomic E-state index is 12.6. The topological polar surface area (TPSA) is 20.3 Å². The summed E-state index contributed by atoms with van der Waals surface area (Å²) in [6.45, 7) is 5.34. The van der Waals surface area contributed by atoms with Crippen LogP contribution in [0.3, 0.4) is 0 Å². The Morgan fingerprint density at radius 1 is 1.25 bits per heavy atom. The summed E-state index contributed by atoms with van der Waals surface area (Å²) < 4.78 is 37.5. The molecule has 0 bridgehead atoms. The van der Waals surface area contributed by atoms with E-state index in [-0.39, 0.29) is 18.4 Å². The van der Waals surface area contributed by atoms with Crippen molar-refractivity contribution in [3.8, 4) is 0 Å². The summed E-state index contributed by atoms with van der Waals surface area (Å²) in [4.78, 5) is 14.2. The number of amides is 1. The Kier molecular flexibility index (Phi) is 3.56. The fourth-order valence-electron chi connectivity index (χ4n) is 2.79. The summed E-state index contributed by atoms with van der Waals surface area (Å²) in [6.07, 6.45) is -5.41. The SMILES string of the molecule is CC(C)N1C(=O)C(C)(CCC(F)(F)F)c2ccccc21. The number of benzene rings is 1. The van der Waals surface area contributed by atoms with Crippen molar-refractivity contribution in [1.82, 2.24) is 0 Å². The molecule has 0 radical (unpaired) electrons. The maximum Gasteiger partial charge on any atom is 0.389 e. The lowest BCUT2D eigenvalue weighted by Gasteiger charge is -2.27. The monoisotopic (exact) mass is 285 g/mol. The van der Waals surface area contributed by atoms with Gasteiger partial charge in [0, 0.05) is 18.2 Å². The fourth-order valence-corrected chi connectivity index (χ4v) is 2.79. The van der Waals surface area contributed by atoms with Gasteiger partial charge in [0.15, 0.2) is 0 Å². The molecule has 0 saturated heterocycles. The summed E-state index contributed by atoms with van der Waals surface area (Å²) in [7, 11) is 0. The molecular weight excluding hydrogens is 267 g/mol. The number of hydrogen-bond acceptors (Lipinski definition) is 1. The Morgan fingerprint density at radius 3 is 2.40 bits per heavy atom. The molecule has 1 unspecified atom stereocenters. The normalized spacial score (nSPS) is 22.6. The highest BCUT2D eigenvalue weighted by atomic mass is 19.4. The van der Waals surface area contributed by atoms with E-state index in [1.165, 1.54) is 0 Å². The first-order valence-electron chi connectivity index (χ1n) is 6.67. The molecule has 0 aliphatic carbocycles. The minimum Gasteiger partial charge on any atom is -0.309 e. The van der Waals surface area contributed by atoms with Crippen molar-refractivity contribution in [3.63, 3.8) is 0 Å². The highest BCUT2D eigenvalue weighted by Crippen LogP contribution is 2.46. The zero-order valence-corrected chi connectivity index (χ0v) is 11.8. The molecule has 1 aliphatic heterocycles. The molecule has 110 valence electrons. The average Bonchev–Trinajstić information content (AvgIpc) is 2.57. The molecule has 1 aliphatic rings. The van der Waals surface area contributed by atoms with Crippen molar-refractivity contribution < 1.29 is 18.0 Å². The van der Waals surface area contributed by atoms with Gasteiger partial charge < -0.3 is 4.90 Å². The third kappa shape index (κ3) is 2.41. The summed E-state index contributed by atoms with van der Waals surface area (Å²) in [6, 6.07) is 7.05. The van der Waals surface area contributed by atoms with E-state index in [1.807, 2.05) is 13.8 Å². The Labute approximate surface area is 116 Å². The van der Waals surface area contributed by atoms with Gasteiger partial charge in [0.2, 0.25) is 5.91 Å². The van der Waals surface area contributed by atoms with Crippen molar-refractivity contribution in [1.29, 1.82) is 0 Å². The number of alkyl halides is 3. The summed E-state index contributed by atoms with van der Waals surface area (Å²) >= 11 is 0. The minimum atomic E-state index is -4.25. The number of fused-ring (bicyclic) bond motifs is 1. The van der Waals surface area contributed by atoms with E-state index < -0.39 is 18.0 Å². The van der Waals surface area contributed by atoms with Gasteiger partial charge in [-0.15, -0.1) is 0 Å². The Balaban J connectivity index is 2.41. The second kappa shape index (κ2) is 4.79. The van der Waals surface area contributed by atoms with Gasteiger partial charge in [-0.25, -0.2) is 0 Å². The van der Waals surface area contributed by atoms with Crippen LogP contribution in [-0.2, 0) is 10.2 Å². The Hall–Kier alpha value is -1.52. The molecule has 1 heterocycles. The number of hydrogen-bond donors (Lipinski definition) is 0. The Morgan fingerprint density at radius 2 is 1.85 bits per heavy atom. The first-order chi connectivity index (χ1) is 9.17. The highest BCUT2D eigenvalue weighted by molar-refractivity contribution is 6.08. The fraction of sp³-hybridized carbons (Fsp3) is 0.533.